The number of hydrogen-bond donors (Lipinski definition) is 1. The molecule has 0 bridgehead atoms. The quantitative estimate of drug-likeness (QED) is 0.0476. The van der Waals surface area contributed by atoms with Crippen molar-refractivity contribution >= 4 is 10.9 Å². The van der Waals surface area contributed by atoms with E-state index in [1.165, 1.54) is 47.9 Å². The number of aromatic nitrogens is 18. The smallest absolute Gasteiger partial charge is 0.258 e. The minimum atomic E-state index is 0.0708. The predicted molar refractivity (Wildman–Crippen MR) is 518 cm³/mol. The summed E-state index contributed by atoms with van der Waals surface area (Å²) in [5.41, 5.74) is 15.0. The lowest BCUT2D eigenvalue weighted by Crippen LogP contribution is -1.98. The Morgan fingerprint density at radius 1 is 0.346 bits per heavy atom. The van der Waals surface area contributed by atoms with E-state index in [1.807, 2.05) is 217 Å². The molecular formula is C107H106N18O11. The Labute approximate surface area is 788 Å². The van der Waals surface area contributed by atoms with Crippen LogP contribution in [0.2, 0.25) is 0 Å². The first kappa shape index (κ1) is 94.3. The van der Waals surface area contributed by atoms with Crippen molar-refractivity contribution in [3.63, 3.8) is 0 Å². The van der Waals surface area contributed by atoms with Crippen molar-refractivity contribution in [2.24, 2.45) is 11.8 Å². The molecule has 1 aliphatic rings. The molecule has 1 fully saturated rings. The number of nitrogens with zero attached hydrogens (tertiary/aromatic N) is 17. The Morgan fingerprint density at radius 2 is 0.787 bits per heavy atom. The average molecular weight is 1820 g/mol. The largest absolute Gasteiger partial charge is 0.494 e. The second kappa shape index (κ2) is 47.2. The topological polar surface area (TPSA) is 360 Å². The third-order valence-corrected chi connectivity index (χ3v) is 21.7. The summed E-state index contributed by atoms with van der Waals surface area (Å²) < 4.78 is 60.8. The van der Waals surface area contributed by atoms with Gasteiger partial charge in [-0.1, -0.05) is 156 Å². The number of nitrogens with one attached hydrogen (secondary N) is 1. The summed E-state index contributed by atoms with van der Waals surface area (Å²) in [5, 5.41) is 25.5. The number of aryl methyl sites for hydroxylation is 1. The molecule has 0 aliphatic heterocycles. The van der Waals surface area contributed by atoms with E-state index in [0.29, 0.717) is 137 Å². The van der Waals surface area contributed by atoms with Gasteiger partial charge in [-0.3, -0.25) is 24.9 Å². The van der Waals surface area contributed by atoms with Gasteiger partial charge in [-0.05, 0) is 241 Å². The highest BCUT2D eigenvalue weighted by Crippen LogP contribution is 2.39. The van der Waals surface area contributed by atoms with Gasteiger partial charge < -0.3 is 55.8 Å². The van der Waals surface area contributed by atoms with Crippen LogP contribution < -0.4 is 23.7 Å². The van der Waals surface area contributed by atoms with Gasteiger partial charge in [0.25, 0.3) is 17.7 Å². The van der Waals surface area contributed by atoms with Gasteiger partial charge in [-0.2, -0.15) is 29.9 Å². The number of pyridine rings is 5. The van der Waals surface area contributed by atoms with E-state index in [9.17, 15) is 0 Å². The number of H-pyrrole nitrogens is 1. The fourth-order valence-corrected chi connectivity index (χ4v) is 14.9. The summed E-state index contributed by atoms with van der Waals surface area (Å²) in [7, 11) is 0. The van der Waals surface area contributed by atoms with Crippen LogP contribution in [0.4, 0.5) is 0 Å². The summed E-state index contributed by atoms with van der Waals surface area (Å²) >= 11 is 0. The average Bonchev–Trinajstić information content (AvgIpc) is 1.61. The van der Waals surface area contributed by atoms with E-state index >= 15 is 0 Å². The third-order valence-electron chi connectivity index (χ3n) is 21.7. The zero-order valence-electron chi connectivity index (χ0n) is 77.7. The van der Waals surface area contributed by atoms with Crippen LogP contribution in [0.5, 0.6) is 34.5 Å². The lowest BCUT2D eigenvalue weighted by molar-refractivity contribution is 0.288. The van der Waals surface area contributed by atoms with Crippen LogP contribution in [0.1, 0.15) is 158 Å². The Balaban J connectivity index is 0.000000125. The van der Waals surface area contributed by atoms with E-state index in [4.69, 9.17) is 50.8 Å². The zero-order chi connectivity index (χ0) is 94.3. The summed E-state index contributed by atoms with van der Waals surface area (Å²) in [5.74, 6) is 13.1. The zero-order valence-corrected chi connectivity index (χ0v) is 77.7. The molecule has 1 N–H and O–H groups in total. The maximum absolute atomic E-state index is 5.83. The molecule has 0 amide bonds. The summed E-state index contributed by atoms with van der Waals surface area (Å²) in [6.45, 7) is 25.1. The fourth-order valence-electron chi connectivity index (χ4n) is 14.9. The van der Waals surface area contributed by atoms with Gasteiger partial charge in [-0.25, -0.2) is 0 Å². The molecule has 19 aromatic rings. The minimum absolute atomic E-state index is 0.0708. The predicted octanol–water partition coefficient (Wildman–Crippen LogP) is 24.9. The Morgan fingerprint density at radius 3 is 1.32 bits per heavy atom. The Hall–Kier alpha value is -16.3. The molecule has 29 nitrogen and oxygen atoms in total. The molecule has 7 aromatic carbocycles. The van der Waals surface area contributed by atoms with Crippen LogP contribution in [-0.2, 0) is 12.8 Å². The molecule has 690 valence electrons. The van der Waals surface area contributed by atoms with Crippen molar-refractivity contribution in [2.45, 2.75) is 132 Å². The van der Waals surface area contributed by atoms with Crippen LogP contribution >= 0.6 is 0 Å². The molecule has 0 radical (unpaired) electrons. The van der Waals surface area contributed by atoms with Crippen LogP contribution in [0.15, 0.2) is 314 Å². The number of para-hydroxylation sites is 1. The van der Waals surface area contributed by atoms with Gasteiger partial charge in [0.05, 0.1) is 38.3 Å². The molecular weight excluding hydrogens is 1710 g/mol. The molecule has 1 saturated carbocycles. The van der Waals surface area contributed by atoms with Crippen LogP contribution in [0, 0.1) is 18.8 Å². The van der Waals surface area contributed by atoms with Crippen molar-refractivity contribution in [1.29, 1.82) is 0 Å². The molecule has 29 heteroatoms. The van der Waals surface area contributed by atoms with E-state index in [2.05, 4.69) is 181 Å². The monoisotopic (exact) mass is 1820 g/mol. The first-order valence-corrected chi connectivity index (χ1v) is 45.5. The first-order chi connectivity index (χ1) is 66.6. The van der Waals surface area contributed by atoms with Crippen molar-refractivity contribution in [2.75, 3.05) is 26.4 Å². The van der Waals surface area contributed by atoms with E-state index in [0.717, 1.165) is 91.0 Å². The van der Waals surface area contributed by atoms with E-state index in [-0.39, 0.29) is 11.8 Å². The summed E-state index contributed by atoms with van der Waals surface area (Å²) in [6, 6.07) is 70.5. The highest BCUT2D eigenvalue weighted by Gasteiger charge is 2.26. The number of fused-ring (bicyclic) bond motifs is 1. The minimum Gasteiger partial charge on any atom is -0.494 e. The van der Waals surface area contributed by atoms with E-state index in [1.54, 1.807) is 55.8 Å². The third kappa shape index (κ3) is 25.5. The SMILES string of the molecule is CC(C)Cc1ccc(C(C)c2nc(-c3ccncc3)no2)cc1.CCOc1cc(OCC)cc(-c2nc(-c3ccncc3)no2)c1.CCOc1ccc(-c2nc(-c3cccc4[nH]ccc34)no2)cc1OCC.Cc1cnccc1-c1noc(C(C)c2ccc(CC(C)C)cc2)n1.c1cc(-c2noc(C3CCCC3)n2)ccn1.c1ccc(Oc2cccc(-c3nc(-c4ccncc4)no3)c2)cc1. The molecule has 12 heterocycles. The van der Waals surface area contributed by atoms with Crippen LogP contribution in [-0.4, -0.2) is 117 Å². The molecule has 20 rings (SSSR count). The highest BCUT2D eigenvalue weighted by molar-refractivity contribution is 5.93. The Bertz CT molecular complexity index is 6840. The maximum Gasteiger partial charge on any atom is 0.258 e. The summed E-state index contributed by atoms with van der Waals surface area (Å²) in [6.07, 6.45) is 26.2. The van der Waals surface area contributed by atoms with Gasteiger partial charge in [0, 0.05) is 141 Å². The van der Waals surface area contributed by atoms with Crippen LogP contribution in [0.3, 0.4) is 0 Å². The molecule has 2 atom stereocenters. The van der Waals surface area contributed by atoms with Gasteiger partial charge in [0.1, 0.15) is 23.0 Å². The number of benzene rings is 7. The fraction of sp³-hybridized carbons (Fsp3) is 0.243. The normalized spacial score (nSPS) is 12.0. The molecule has 1 aliphatic carbocycles. The van der Waals surface area contributed by atoms with Crippen molar-refractivity contribution in [3.05, 3.63) is 332 Å². The molecule has 12 aromatic heterocycles. The standard InChI is InChI=1S/C20H19N3O3.C20H23N3O.C19H13N3O2.C19H21N3O.C17H17N3O3.C12H13N3O/c1-3-24-17-9-8-13(12-18(17)25-4-2)20-22-19(23-26-20)15-6-5-7-16-14(15)10-11-21-16;1-13(2)11-16-5-7-17(8-6-16)15(4)20-22-19(23-24-20)18-9-10-21-12-14(18)3;1-2-6-16(7-3-1)23-17-8-4-5-15(13-17)19-21-18(22-24-19)14-9-11-20-12-10-14;1-13(2)12-15-4-6-16(7-5-15)14(3)19-21-18(22-23-19)17-8-10-20-11-9-17;1-3-21-14-9-13(10-15(11-14)22-4-2)17-19-16(20-23-17)12-5-7-18-8-6-12;1-2-4-10(3-1)12-14-11(15-16-12)9-5-7-13-8-6-9/h5-12,21H,3-4H2,1-2H3;5-10,12-13,15H,11H2,1-4H3;1-13H;4-11,13-14H,12H2,1-3H3;5-11H,3-4H2,1-2H3;5-8,10H,1-4H2. The molecule has 2 unspecified atom stereocenters. The highest BCUT2D eigenvalue weighted by atomic mass is 16.5. The first-order valence-electron chi connectivity index (χ1n) is 45.5. The number of rotatable bonds is 28. The molecule has 0 saturated heterocycles. The van der Waals surface area contributed by atoms with Crippen LogP contribution in [0.25, 0.3) is 114 Å². The van der Waals surface area contributed by atoms with Crippen molar-refractivity contribution < 1.29 is 50.8 Å². The number of ether oxygens (including phenoxy) is 5. The van der Waals surface area contributed by atoms with E-state index < -0.39 is 0 Å². The maximum atomic E-state index is 5.83. The lowest BCUT2D eigenvalue weighted by atomic mass is 9.97. The Kier molecular flexibility index (Phi) is 32.7. The second-order valence-electron chi connectivity index (χ2n) is 32.7. The second-order valence-corrected chi connectivity index (χ2v) is 32.7. The molecule has 0 spiro atoms. The summed E-state index contributed by atoms with van der Waals surface area (Å²) in [4.78, 5) is 50.2. The van der Waals surface area contributed by atoms with Gasteiger partial charge in [0.15, 0.2) is 11.5 Å². The van der Waals surface area contributed by atoms with Crippen molar-refractivity contribution in [1.82, 2.24) is 90.7 Å². The lowest BCUT2D eigenvalue weighted by Gasteiger charge is -2.11. The van der Waals surface area contributed by atoms with Crippen molar-refractivity contribution in [3.8, 4) is 137 Å². The van der Waals surface area contributed by atoms with Gasteiger partial charge in [-0.15, -0.1) is 0 Å². The van der Waals surface area contributed by atoms with Gasteiger partial charge in [0.2, 0.25) is 52.6 Å². The number of aromatic amines is 1. The van der Waals surface area contributed by atoms with Gasteiger partial charge >= 0.3 is 0 Å². The number of hydrogen-bond acceptors (Lipinski definition) is 28. The molecule has 136 heavy (non-hydrogen) atoms.